The van der Waals surface area contributed by atoms with Gasteiger partial charge in [0.25, 0.3) is 5.91 Å². The monoisotopic (exact) mass is 264 g/mol. The summed E-state index contributed by atoms with van der Waals surface area (Å²) >= 11 is 0. The van der Waals surface area contributed by atoms with Crippen LogP contribution in [0.15, 0.2) is 0 Å². The van der Waals surface area contributed by atoms with E-state index in [9.17, 15) is 4.79 Å². The first-order valence-corrected chi connectivity index (χ1v) is 6.87. The third kappa shape index (κ3) is 2.32. The van der Waals surface area contributed by atoms with Crippen molar-refractivity contribution >= 4 is 11.6 Å². The Labute approximate surface area is 112 Å². The van der Waals surface area contributed by atoms with E-state index < -0.39 is 0 Å². The second-order valence-electron chi connectivity index (χ2n) is 5.43. The van der Waals surface area contributed by atoms with Gasteiger partial charge in [0.2, 0.25) is 0 Å². The molecule has 0 bridgehead atoms. The Morgan fingerprint density at radius 2 is 2.05 bits per heavy atom. The van der Waals surface area contributed by atoms with E-state index >= 15 is 0 Å². The van der Waals surface area contributed by atoms with Gasteiger partial charge in [-0.3, -0.25) is 9.89 Å². The topological polar surface area (TPSA) is 84.2 Å². The number of amides is 1. The molecule has 0 aromatic carbocycles. The van der Waals surface area contributed by atoms with E-state index in [4.69, 9.17) is 10.5 Å². The van der Waals surface area contributed by atoms with E-state index in [0.29, 0.717) is 30.5 Å². The van der Waals surface area contributed by atoms with Crippen LogP contribution < -0.4 is 5.73 Å². The molecule has 1 aromatic rings. The maximum absolute atomic E-state index is 12.4. The average molecular weight is 264 g/mol. The molecule has 0 atom stereocenters. The molecular weight excluding hydrogens is 244 g/mol. The molecule has 0 radical (unpaired) electrons. The van der Waals surface area contributed by atoms with Gasteiger partial charge in [0.05, 0.1) is 11.4 Å². The van der Waals surface area contributed by atoms with Crippen molar-refractivity contribution in [1.82, 2.24) is 15.1 Å². The lowest BCUT2D eigenvalue weighted by atomic mass is 10.1. The first-order valence-electron chi connectivity index (χ1n) is 6.87. The SMILES string of the molecule is CN(C(=O)c1n[nH]c(C2CC2)c1N)C1CCOCC1. The number of rotatable bonds is 3. The summed E-state index contributed by atoms with van der Waals surface area (Å²) in [6, 6.07) is 0.224. The van der Waals surface area contributed by atoms with Crippen LogP contribution in [0.3, 0.4) is 0 Å². The highest BCUT2D eigenvalue weighted by Crippen LogP contribution is 2.42. The van der Waals surface area contributed by atoms with Crippen molar-refractivity contribution in [2.75, 3.05) is 26.0 Å². The van der Waals surface area contributed by atoms with Gasteiger partial charge in [-0.2, -0.15) is 5.10 Å². The Morgan fingerprint density at radius 3 is 2.68 bits per heavy atom. The number of H-pyrrole nitrogens is 1. The van der Waals surface area contributed by atoms with Crippen molar-refractivity contribution in [3.63, 3.8) is 0 Å². The molecule has 2 fully saturated rings. The van der Waals surface area contributed by atoms with Crippen molar-refractivity contribution in [2.45, 2.75) is 37.6 Å². The predicted molar refractivity (Wildman–Crippen MR) is 70.9 cm³/mol. The van der Waals surface area contributed by atoms with E-state index in [1.165, 1.54) is 0 Å². The Morgan fingerprint density at radius 1 is 1.37 bits per heavy atom. The standard InChI is InChI=1S/C13H20N4O2/c1-17(9-4-6-19-7-5-9)13(18)12-10(14)11(15-16-12)8-2-3-8/h8-9H,2-7,14H2,1H3,(H,15,16). The van der Waals surface area contributed by atoms with Gasteiger partial charge < -0.3 is 15.4 Å². The van der Waals surface area contributed by atoms with Gasteiger partial charge in [0, 0.05) is 32.2 Å². The molecule has 1 amide bonds. The zero-order valence-electron chi connectivity index (χ0n) is 11.2. The van der Waals surface area contributed by atoms with E-state index in [1.54, 1.807) is 4.90 Å². The number of carbonyl (C=O) groups is 1. The molecule has 6 nitrogen and oxygen atoms in total. The smallest absolute Gasteiger partial charge is 0.276 e. The molecule has 1 saturated heterocycles. The fourth-order valence-corrected chi connectivity index (χ4v) is 2.62. The largest absolute Gasteiger partial charge is 0.395 e. The lowest BCUT2D eigenvalue weighted by molar-refractivity contribution is 0.0359. The van der Waals surface area contributed by atoms with E-state index in [0.717, 1.165) is 31.4 Å². The molecule has 2 heterocycles. The Hall–Kier alpha value is -1.56. The van der Waals surface area contributed by atoms with Crippen molar-refractivity contribution in [2.24, 2.45) is 0 Å². The maximum Gasteiger partial charge on any atom is 0.276 e. The first-order chi connectivity index (χ1) is 9.18. The highest BCUT2D eigenvalue weighted by Gasteiger charge is 2.32. The molecule has 104 valence electrons. The summed E-state index contributed by atoms with van der Waals surface area (Å²) in [6.45, 7) is 1.43. The van der Waals surface area contributed by atoms with Crippen LogP contribution in [0.1, 0.15) is 47.8 Å². The number of nitrogens with zero attached hydrogens (tertiary/aromatic N) is 2. The van der Waals surface area contributed by atoms with Crippen molar-refractivity contribution in [3.05, 3.63) is 11.4 Å². The number of aromatic amines is 1. The molecule has 0 unspecified atom stereocenters. The van der Waals surface area contributed by atoms with Gasteiger partial charge in [-0.1, -0.05) is 0 Å². The van der Waals surface area contributed by atoms with Crippen LogP contribution in [0.2, 0.25) is 0 Å². The van der Waals surface area contributed by atoms with Crippen LogP contribution >= 0.6 is 0 Å². The van der Waals surface area contributed by atoms with Crippen LogP contribution in [-0.2, 0) is 4.74 Å². The molecular formula is C13H20N4O2. The lowest BCUT2D eigenvalue weighted by Gasteiger charge is -2.30. The summed E-state index contributed by atoms with van der Waals surface area (Å²) < 4.78 is 5.32. The first kappa shape index (κ1) is 12.5. The van der Waals surface area contributed by atoms with E-state index in [2.05, 4.69) is 10.2 Å². The maximum atomic E-state index is 12.4. The minimum absolute atomic E-state index is 0.0902. The molecule has 6 heteroatoms. The summed E-state index contributed by atoms with van der Waals surface area (Å²) in [5.41, 5.74) is 7.89. The quantitative estimate of drug-likeness (QED) is 0.856. The molecule has 1 saturated carbocycles. The lowest BCUT2D eigenvalue weighted by Crippen LogP contribution is -2.41. The van der Waals surface area contributed by atoms with Gasteiger partial charge in [0.1, 0.15) is 0 Å². The molecule has 3 rings (SSSR count). The Balaban J connectivity index is 1.75. The number of nitrogens with one attached hydrogen (secondary N) is 1. The predicted octanol–water partition coefficient (Wildman–Crippen LogP) is 1.12. The number of hydrogen-bond donors (Lipinski definition) is 2. The van der Waals surface area contributed by atoms with Crippen LogP contribution in [0.25, 0.3) is 0 Å². The molecule has 1 aliphatic carbocycles. The number of hydrogen-bond acceptors (Lipinski definition) is 4. The molecule has 1 aromatic heterocycles. The number of anilines is 1. The normalized spacial score (nSPS) is 20.5. The second kappa shape index (κ2) is 4.85. The van der Waals surface area contributed by atoms with E-state index in [1.807, 2.05) is 7.05 Å². The van der Waals surface area contributed by atoms with Gasteiger partial charge >= 0.3 is 0 Å². The Bertz CT molecular complexity index is 475. The molecule has 1 aliphatic heterocycles. The number of aromatic nitrogens is 2. The van der Waals surface area contributed by atoms with Crippen molar-refractivity contribution in [1.29, 1.82) is 0 Å². The number of nitrogen functional groups attached to an aromatic ring is 1. The summed E-state index contributed by atoms with van der Waals surface area (Å²) in [5.74, 6) is 0.384. The van der Waals surface area contributed by atoms with Crippen LogP contribution in [0, 0.1) is 0 Å². The summed E-state index contributed by atoms with van der Waals surface area (Å²) in [6.07, 6.45) is 4.02. The van der Waals surface area contributed by atoms with E-state index in [-0.39, 0.29) is 11.9 Å². The number of carbonyl (C=O) groups excluding carboxylic acids is 1. The Kier molecular flexibility index (Phi) is 3.18. The summed E-state index contributed by atoms with van der Waals surface area (Å²) in [4.78, 5) is 14.2. The van der Waals surface area contributed by atoms with Gasteiger partial charge in [-0.05, 0) is 25.7 Å². The second-order valence-corrected chi connectivity index (χ2v) is 5.43. The van der Waals surface area contributed by atoms with Gasteiger partial charge in [-0.15, -0.1) is 0 Å². The van der Waals surface area contributed by atoms with Crippen molar-refractivity contribution < 1.29 is 9.53 Å². The van der Waals surface area contributed by atoms with Crippen LogP contribution in [0.5, 0.6) is 0 Å². The molecule has 3 N–H and O–H groups in total. The van der Waals surface area contributed by atoms with Gasteiger partial charge in [-0.25, -0.2) is 0 Å². The summed E-state index contributed by atoms with van der Waals surface area (Å²) in [7, 11) is 1.82. The van der Waals surface area contributed by atoms with Crippen molar-refractivity contribution in [3.8, 4) is 0 Å². The molecule has 19 heavy (non-hydrogen) atoms. The third-order valence-electron chi connectivity index (χ3n) is 4.08. The number of ether oxygens (including phenoxy) is 1. The van der Waals surface area contributed by atoms with Crippen LogP contribution in [-0.4, -0.2) is 47.3 Å². The van der Waals surface area contributed by atoms with Crippen LogP contribution in [0.4, 0.5) is 5.69 Å². The molecule has 0 spiro atoms. The fraction of sp³-hybridized carbons (Fsp3) is 0.692. The third-order valence-corrected chi connectivity index (χ3v) is 4.08. The minimum Gasteiger partial charge on any atom is -0.395 e. The highest BCUT2D eigenvalue weighted by atomic mass is 16.5. The fourth-order valence-electron chi connectivity index (χ4n) is 2.62. The highest BCUT2D eigenvalue weighted by molar-refractivity contribution is 5.97. The zero-order valence-corrected chi connectivity index (χ0v) is 11.2. The molecule has 2 aliphatic rings. The van der Waals surface area contributed by atoms with Gasteiger partial charge in [0.15, 0.2) is 5.69 Å². The minimum atomic E-state index is -0.0902. The average Bonchev–Trinajstić information content (AvgIpc) is 3.21. The zero-order chi connectivity index (χ0) is 13.4. The number of nitrogens with two attached hydrogens (primary N) is 1. The summed E-state index contributed by atoms with van der Waals surface area (Å²) in [5, 5.41) is 7.05.